The van der Waals surface area contributed by atoms with Gasteiger partial charge in [0.15, 0.2) is 5.13 Å². The number of anilines is 1. The van der Waals surface area contributed by atoms with E-state index in [1.807, 2.05) is 20.8 Å². The first-order chi connectivity index (χ1) is 9.52. The molecule has 1 aliphatic rings. The number of thiazole rings is 1. The van der Waals surface area contributed by atoms with Gasteiger partial charge in [-0.25, -0.2) is 9.78 Å². The third-order valence-corrected chi connectivity index (χ3v) is 4.62. The molecule has 1 aliphatic heterocycles. The molecule has 6 heteroatoms. The molecule has 2 rings (SSSR count). The molecule has 0 amide bonds. The molecule has 1 N–H and O–H groups in total. The summed E-state index contributed by atoms with van der Waals surface area (Å²) >= 11 is 1.29. The van der Waals surface area contributed by atoms with E-state index >= 15 is 0 Å². The average molecular weight is 298 g/mol. The van der Waals surface area contributed by atoms with Crippen molar-refractivity contribution in [2.45, 2.75) is 45.6 Å². The van der Waals surface area contributed by atoms with Gasteiger partial charge in [-0.05, 0) is 25.7 Å². The van der Waals surface area contributed by atoms with Gasteiger partial charge in [0.1, 0.15) is 4.88 Å². The Bertz CT molecular complexity index is 465. The number of rotatable bonds is 5. The minimum Gasteiger partial charge on any atom is -0.477 e. The number of ether oxygens (including phenoxy) is 1. The summed E-state index contributed by atoms with van der Waals surface area (Å²) in [7, 11) is 0. The molecule has 1 saturated heterocycles. The highest BCUT2D eigenvalue weighted by atomic mass is 32.1. The van der Waals surface area contributed by atoms with Crippen molar-refractivity contribution in [1.29, 1.82) is 0 Å². The maximum atomic E-state index is 11.3. The van der Waals surface area contributed by atoms with Gasteiger partial charge in [0.2, 0.25) is 0 Å². The van der Waals surface area contributed by atoms with Crippen molar-refractivity contribution >= 4 is 22.4 Å². The number of hydrogen-bond donors (Lipinski definition) is 1. The summed E-state index contributed by atoms with van der Waals surface area (Å²) in [6, 6.07) is 0. The zero-order valence-corrected chi connectivity index (χ0v) is 13.1. The molecule has 20 heavy (non-hydrogen) atoms. The van der Waals surface area contributed by atoms with Crippen LogP contribution in [0, 0.1) is 0 Å². The molecule has 1 fully saturated rings. The smallest absolute Gasteiger partial charge is 0.347 e. The highest BCUT2D eigenvalue weighted by Gasteiger charge is 2.25. The van der Waals surface area contributed by atoms with E-state index < -0.39 is 5.97 Å². The number of nitrogens with zero attached hydrogens (tertiary/aromatic N) is 2. The molecule has 0 spiro atoms. The summed E-state index contributed by atoms with van der Waals surface area (Å²) in [6.07, 6.45) is 2.29. The lowest BCUT2D eigenvalue weighted by Gasteiger charge is -2.31. The van der Waals surface area contributed by atoms with E-state index in [9.17, 15) is 9.90 Å². The van der Waals surface area contributed by atoms with Crippen LogP contribution in [0.1, 0.15) is 54.9 Å². The monoisotopic (exact) mass is 298 g/mol. The Morgan fingerprint density at radius 3 is 2.60 bits per heavy atom. The van der Waals surface area contributed by atoms with Crippen molar-refractivity contribution in [3.63, 3.8) is 0 Å². The van der Waals surface area contributed by atoms with Gasteiger partial charge in [-0.15, -0.1) is 0 Å². The van der Waals surface area contributed by atoms with E-state index in [0.717, 1.165) is 37.7 Å². The Morgan fingerprint density at radius 2 is 2.15 bits per heavy atom. The summed E-state index contributed by atoms with van der Waals surface area (Å²) < 4.78 is 5.63. The van der Waals surface area contributed by atoms with Crippen molar-refractivity contribution in [2.24, 2.45) is 0 Å². The summed E-state index contributed by atoms with van der Waals surface area (Å²) in [5, 5.41) is 10.1. The maximum absolute atomic E-state index is 11.3. The lowest BCUT2D eigenvalue weighted by molar-refractivity contribution is 0.0459. The Labute approximate surface area is 123 Å². The first-order valence-corrected chi connectivity index (χ1v) is 7.95. The summed E-state index contributed by atoms with van der Waals surface area (Å²) in [5.41, 5.74) is 0.699. The summed E-state index contributed by atoms with van der Waals surface area (Å²) in [6.45, 7) is 8.49. The second-order valence-electron chi connectivity index (χ2n) is 5.31. The third-order valence-electron chi connectivity index (χ3n) is 3.50. The topological polar surface area (TPSA) is 62.7 Å². The number of hydrogen-bond acceptors (Lipinski definition) is 5. The first-order valence-electron chi connectivity index (χ1n) is 7.13. The van der Waals surface area contributed by atoms with Crippen LogP contribution < -0.4 is 4.90 Å². The predicted molar refractivity (Wildman–Crippen MR) is 80.0 cm³/mol. The lowest BCUT2D eigenvalue weighted by atomic mass is 10.1. The van der Waals surface area contributed by atoms with E-state index in [2.05, 4.69) is 9.88 Å². The molecule has 112 valence electrons. The van der Waals surface area contributed by atoms with Crippen LogP contribution >= 0.6 is 11.3 Å². The van der Waals surface area contributed by atoms with E-state index in [4.69, 9.17) is 4.74 Å². The van der Waals surface area contributed by atoms with Crippen molar-refractivity contribution in [2.75, 3.05) is 24.6 Å². The fourth-order valence-electron chi connectivity index (χ4n) is 2.45. The predicted octanol–water partition coefficient (Wildman–Crippen LogP) is 2.97. The van der Waals surface area contributed by atoms with Crippen LogP contribution in [0.3, 0.4) is 0 Å². The fourth-order valence-corrected chi connectivity index (χ4v) is 3.56. The van der Waals surface area contributed by atoms with Crippen LogP contribution in [0.15, 0.2) is 0 Å². The molecule has 0 saturated carbocycles. The average Bonchev–Trinajstić information content (AvgIpc) is 2.85. The number of aromatic carboxylic acids is 1. The van der Waals surface area contributed by atoms with Gasteiger partial charge in [-0.3, -0.25) is 0 Å². The lowest BCUT2D eigenvalue weighted by Crippen LogP contribution is -2.37. The molecule has 0 aliphatic carbocycles. The standard InChI is InChI=1S/C14H22N2O3S/c1-4-19-10-5-7-16(8-6-10)14-15-11(9(2)3)12(20-14)13(17)18/h9-10H,4-8H2,1-3H3,(H,17,18). The minimum absolute atomic E-state index is 0.132. The fraction of sp³-hybridized carbons (Fsp3) is 0.714. The quantitative estimate of drug-likeness (QED) is 0.905. The molecule has 0 bridgehead atoms. The number of piperidine rings is 1. The highest BCUT2D eigenvalue weighted by Crippen LogP contribution is 2.32. The molecular weight excluding hydrogens is 276 g/mol. The number of carbonyl (C=O) groups is 1. The van der Waals surface area contributed by atoms with Gasteiger partial charge in [0, 0.05) is 19.7 Å². The molecule has 1 aromatic heterocycles. The number of aromatic nitrogens is 1. The summed E-state index contributed by atoms with van der Waals surface area (Å²) in [4.78, 5) is 18.4. The molecule has 5 nitrogen and oxygen atoms in total. The van der Waals surface area contributed by atoms with Crippen LogP contribution in [0.5, 0.6) is 0 Å². The van der Waals surface area contributed by atoms with Gasteiger partial charge in [-0.1, -0.05) is 25.2 Å². The molecule has 0 atom stereocenters. The Hall–Kier alpha value is -1.14. The van der Waals surface area contributed by atoms with E-state index in [0.29, 0.717) is 16.7 Å². The summed E-state index contributed by atoms with van der Waals surface area (Å²) in [5.74, 6) is -0.742. The molecular formula is C14H22N2O3S. The second kappa shape index (κ2) is 6.54. The first kappa shape index (κ1) is 15.3. The van der Waals surface area contributed by atoms with Crippen molar-refractivity contribution in [3.8, 4) is 0 Å². The Morgan fingerprint density at radius 1 is 1.50 bits per heavy atom. The highest BCUT2D eigenvalue weighted by molar-refractivity contribution is 7.17. The molecule has 0 unspecified atom stereocenters. The molecule has 1 aromatic rings. The van der Waals surface area contributed by atoms with E-state index in [1.165, 1.54) is 11.3 Å². The van der Waals surface area contributed by atoms with Crippen LogP contribution in [-0.2, 0) is 4.74 Å². The number of carboxylic acid groups (broad SMARTS) is 1. The van der Waals surface area contributed by atoms with Gasteiger partial charge >= 0.3 is 5.97 Å². The van der Waals surface area contributed by atoms with Crippen molar-refractivity contribution in [1.82, 2.24) is 4.98 Å². The van der Waals surface area contributed by atoms with Crippen LogP contribution in [-0.4, -0.2) is 41.9 Å². The molecule has 0 aromatic carbocycles. The largest absolute Gasteiger partial charge is 0.477 e. The maximum Gasteiger partial charge on any atom is 0.347 e. The van der Waals surface area contributed by atoms with Gasteiger partial charge in [0.25, 0.3) is 0 Å². The minimum atomic E-state index is -0.873. The second-order valence-corrected chi connectivity index (χ2v) is 6.29. The van der Waals surface area contributed by atoms with Crippen LogP contribution in [0.2, 0.25) is 0 Å². The SMILES string of the molecule is CCOC1CCN(c2nc(C(C)C)c(C(=O)O)s2)CC1. The van der Waals surface area contributed by atoms with Crippen molar-refractivity contribution in [3.05, 3.63) is 10.6 Å². The third kappa shape index (κ3) is 3.30. The normalized spacial score (nSPS) is 16.9. The van der Waals surface area contributed by atoms with Gasteiger partial charge in [0.05, 0.1) is 11.8 Å². The van der Waals surface area contributed by atoms with E-state index in [1.54, 1.807) is 0 Å². The van der Waals surface area contributed by atoms with Crippen molar-refractivity contribution < 1.29 is 14.6 Å². The van der Waals surface area contributed by atoms with Gasteiger partial charge in [-0.2, -0.15) is 0 Å². The Balaban J connectivity index is 2.10. The zero-order chi connectivity index (χ0) is 14.7. The van der Waals surface area contributed by atoms with Crippen LogP contribution in [0.4, 0.5) is 5.13 Å². The Kier molecular flexibility index (Phi) is 4.99. The molecule has 2 heterocycles. The van der Waals surface area contributed by atoms with Gasteiger partial charge < -0.3 is 14.7 Å². The van der Waals surface area contributed by atoms with E-state index in [-0.39, 0.29) is 5.92 Å². The molecule has 0 radical (unpaired) electrons. The zero-order valence-electron chi connectivity index (χ0n) is 12.3. The van der Waals surface area contributed by atoms with Crippen LogP contribution in [0.25, 0.3) is 0 Å². The number of carboxylic acids is 1.